The fraction of sp³-hybridized carbons (Fsp3) is 0.667. The fourth-order valence-electron chi connectivity index (χ4n) is 2.22. The molecule has 2 heterocycles. The molecule has 1 fully saturated rings. The van der Waals surface area contributed by atoms with E-state index >= 15 is 0 Å². The summed E-state index contributed by atoms with van der Waals surface area (Å²) >= 11 is 2.38. The Balaban J connectivity index is 2.06. The van der Waals surface area contributed by atoms with Gasteiger partial charge < -0.3 is 10.2 Å². The van der Waals surface area contributed by atoms with Crippen LogP contribution in [0.4, 0.5) is 4.79 Å². The van der Waals surface area contributed by atoms with Gasteiger partial charge in [0.1, 0.15) is 0 Å². The van der Waals surface area contributed by atoms with Gasteiger partial charge in [0.2, 0.25) is 0 Å². The standard InChI is InChI=1S/C12H19IN4O/c1-3-9-11(13)10(4-2)17(15-9)8-7-16-6-5-14-12(16)18/h3-8H2,1-2H3,(H,14,18). The van der Waals surface area contributed by atoms with Crippen LogP contribution in [0.2, 0.25) is 0 Å². The summed E-state index contributed by atoms with van der Waals surface area (Å²) in [6.45, 7) is 7.36. The highest BCUT2D eigenvalue weighted by Gasteiger charge is 2.20. The number of aryl methyl sites for hydroxylation is 1. The number of carbonyl (C=O) groups excluding carboxylic acids is 1. The lowest BCUT2D eigenvalue weighted by atomic mass is 10.2. The lowest BCUT2D eigenvalue weighted by Gasteiger charge is -2.14. The van der Waals surface area contributed by atoms with Gasteiger partial charge in [0.05, 0.1) is 21.5 Å². The molecule has 1 aromatic rings. The van der Waals surface area contributed by atoms with Crippen LogP contribution in [0.3, 0.4) is 0 Å². The zero-order valence-electron chi connectivity index (χ0n) is 10.9. The van der Waals surface area contributed by atoms with E-state index in [1.54, 1.807) is 0 Å². The molecule has 1 aromatic heterocycles. The van der Waals surface area contributed by atoms with E-state index in [9.17, 15) is 4.79 Å². The SMILES string of the molecule is CCc1nn(CCN2CCNC2=O)c(CC)c1I. The van der Waals surface area contributed by atoms with Crippen molar-refractivity contribution in [1.29, 1.82) is 0 Å². The largest absolute Gasteiger partial charge is 0.336 e. The molecule has 6 heteroatoms. The molecule has 1 aliphatic heterocycles. The van der Waals surface area contributed by atoms with Crippen LogP contribution in [-0.2, 0) is 19.4 Å². The number of aromatic nitrogens is 2. The van der Waals surface area contributed by atoms with Gasteiger partial charge in [-0.3, -0.25) is 4.68 Å². The van der Waals surface area contributed by atoms with E-state index < -0.39 is 0 Å². The topological polar surface area (TPSA) is 50.2 Å². The Kier molecular flexibility index (Phi) is 4.47. The molecule has 0 saturated carbocycles. The van der Waals surface area contributed by atoms with Crippen molar-refractivity contribution < 1.29 is 4.79 Å². The Morgan fingerprint density at radius 3 is 2.67 bits per heavy atom. The number of nitrogens with one attached hydrogen (secondary N) is 1. The first-order chi connectivity index (χ1) is 8.67. The Hall–Kier alpha value is -0.790. The number of hydrogen-bond acceptors (Lipinski definition) is 2. The molecule has 0 atom stereocenters. The number of nitrogens with zero attached hydrogens (tertiary/aromatic N) is 3. The summed E-state index contributed by atoms with van der Waals surface area (Å²) in [4.78, 5) is 13.3. The van der Waals surface area contributed by atoms with Gasteiger partial charge in [0.15, 0.2) is 0 Å². The molecule has 0 aliphatic carbocycles. The van der Waals surface area contributed by atoms with E-state index in [1.807, 2.05) is 4.90 Å². The molecular weight excluding hydrogens is 343 g/mol. The van der Waals surface area contributed by atoms with E-state index in [4.69, 9.17) is 0 Å². The third-order valence-electron chi connectivity index (χ3n) is 3.26. The zero-order valence-corrected chi connectivity index (χ0v) is 13.0. The minimum atomic E-state index is 0.0469. The molecule has 1 N–H and O–H groups in total. The number of halogens is 1. The molecular formula is C12H19IN4O. The Morgan fingerprint density at radius 1 is 1.33 bits per heavy atom. The van der Waals surface area contributed by atoms with Crippen LogP contribution in [0.5, 0.6) is 0 Å². The second kappa shape index (κ2) is 5.90. The van der Waals surface area contributed by atoms with E-state index in [2.05, 4.69) is 51.5 Å². The number of urea groups is 1. The van der Waals surface area contributed by atoms with Gasteiger partial charge >= 0.3 is 6.03 Å². The monoisotopic (exact) mass is 362 g/mol. The molecule has 100 valence electrons. The molecule has 2 amide bonds. The molecule has 0 bridgehead atoms. The maximum Gasteiger partial charge on any atom is 0.317 e. The van der Waals surface area contributed by atoms with Crippen LogP contribution in [0, 0.1) is 3.57 Å². The minimum Gasteiger partial charge on any atom is -0.336 e. The zero-order chi connectivity index (χ0) is 13.1. The average Bonchev–Trinajstić information content (AvgIpc) is 2.90. The highest BCUT2D eigenvalue weighted by molar-refractivity contribution is 14.1. The number of carbonyl (C=O) groups is 1. The van der Waals surface area contributed by atoms with Crippen LogP contribution in [0.15, 0.2) is 0 Å². The van der Waals surface area contributed by atoms with E-state index in [-0.39, 0.29) is 6.03 Å². The predicted octanol–water partition coefficient (Wildman–Crippen LogP) is 1.64. The number of amides is 2. The van der Waals surface area contributed by atoms with Crippen LogP contribution < -0.4 is 5.32 Å². The first-order valence-electron chi connectivity index (χ1n) is 6.44. The molecule has 1 saturated heterocycles. The summed E-state index contributed by atoms with van der Waals surface area (Å²) in [6, 6.07) is 0.0469. The van der Waals surface area contributed by atoms with E-state index in [0.717, 1.165) is 39.0 Å². The summed E-state index contributed by atoms with van der Waals surface area (Å²) < 4.78 is 3.34. The van der Waals surface area contributed by atoms with Crippen molar-refractivity contribution in [3.05, 3.63) is 15.0 Å². The summed E-state index contributed by atoms with van der Waals surface area (Å²) in [7, 11) is 0. The van der Waals surface area contributed by atoms with Crippen molar-refractivity contribution in [3.8, 4) is 0 Å². The van der Waals surface area contributed by atoms with E-state index in [0.29, 0.717) is 0 Å². The number of rotatable bonds is 5. The van der Waals surface area contributed by atoms with E-state index in [1.165, 1.54) is 15.0 Å². The maximum absolute atomic E-state index is 11.5. The van der Waals surface area contributed by atoms with Gasteiger partial charge in [-0.05, 0) is 35.4 Å². The smallest absolute Gasteiger partial charge is 0.317 e. The second-order valence-electron chi connectivity index (χ2n) is 4.36. The second-order valence-corrected chi connectivity index (χ2v) is 5.44. The molecule has 5 nitrogen and oxygen atoms in total. The lowest BCUT2D eigenvalue weighted by Crippen LogP contribution is -2.31. The molecule has 2 rings (SSSR count). The van der Waals surface area contributed by atoms with Crippen LogP contribution >= 0.6 is 22.6 Å². The predicted molar refractivity (Wildman–Crippen MR) is 78.7 cm³/mol. The normalized spacial score (nSPS) is 15.3. The summed E-state index contributed by atoms with van der Waals surface area (Å²) in [6.07, 6.45) is 1.94. The lowest BCUT2D eigenvalue weighted by molar-refractivity contribution is 0.214. The molecule has 0 aromatic carbocycles. The van der Waals surface area contributed by atoms with Crippen molar-refractivity contribution in [1.82, 2.24) is 20.0 Å². The summed E-state index contributed by atoms with van der Waals surface area (Å²) in [5.74, 6) is 0. The quantitative estimate of drug-likeness (QED) is 0.810. The van der Waals surface area contributed by atoms with Crippen molar-refractivity contribution in [2.45, 2.75) is 33.2 Å². The van der Waals surface area contributed by atoms with Crippen LogP contribution in [0.1, 0.15) is 25.2 Å². The Labute approximate surface area is 121 Å². The van der Waals surface area contributed by atoms with Gasteiger partial charge in [0, 0.05) is 19.6 Å². The minimum absolute atomic E-state index is 0.0469. The van der Waals surface area contributed by atoms with Crippen molar-refractivity contribution in [2.75, 3.05) is 19.6 Å². The van der Waals surface area contributed by atoms with Gasteiger partial charge in [0.25, 0.3) is 0 Å². The maximum atomic E-state index is 11.5. The van der Waals surface area contributed by atoms with Crippen LogP contribution in [-0.4, -0.2) is 40.3 Å². The molecule has 18 heavy (non-hydrogen) atoms. The Morgan fingerprint density at radius 2 is 2.11 bits per heavy atom. The highest BCUT2D eigenvalue weighted by atomic mass is 127. The van der Waals surface area contributed by atoms with Crippen molar-refractivity contribution in [3.63, 3.8) is 0 Å². The Bertz CT molecular complexity index is 444. The average molecular weight is 362 g/mol. The van der Waals surface area contributed by atoms with Gasteiger partial charge in [-0.15, -0.1) is 0 Å². The summed E-state index contributed by atoms with van der Waals surface area (Å²) in [5, 5.41) is 7.45. The summed E-state index contributed by atoms with van der Waals surface area (Å²) in [5.41, 5.74) is 2.45. The molecule has 0 unspecified atom stereocenters. The van der Waals surface area contributed by atoms with Gasteiger partial charge in [-0.25, -0.2) is 4.79 Å². The third kappa shape index (κ3) is 2.62. The first kappa shape index (κ1) is 13.6. The molecule has 1 aliphatic rings. The third-order valence-corrected chi connectivity index (χ3v) is 4.50. The molecule has 0 radical (unpaired) electrons. The fourth-order valence-corrected chi connectivity index (χ4v) is 3.37. The van der Waals surface area contributed by atoms with Crippen LogP contribution in [0.25, 0.3) is 0 Å². The first-order valence-corrected chi connectivity index (χ1v) is 7.52. The van der Waals surface area contributed by atoms with Gasteiger partial charge in [-0.2, -0.15) is 5.10 Å². The molecule has 0 spiro atoms. The number of hydrogen-bond donors (Lipinski definition) is 1. The van der Waals surface area contributed by atoms with Crippen molar-refractivity contribution in [2.24, 2.45) is 0 Å². The van der Waals surface area contributed by atoms with Gasteiger partial charge in [-0.1, -0.05) is 13.8 Å². The van der Waals surface area contributed by atoms with Crippen molar-refractivity contribution >= 4 is 28.6 Å². The highest BCUT2D eigenvalue weighted by Crippen LogP contribution is 2.18.